The summed E-state index contributed by atoms with van der Waals surface area (Å²) in [7, 11) is 0. The first-order chi connectivity index (χ1) is 11.8. The highest BCUT2D eigenvalue weighted by Crippen LogP contribution is 2.34. The van der Waals surface area contributed by atoms with Crippen molar-refractivity contribution in [2.24, 2.45) is 0 Å². The molecule has 2 aromatic heterocycles. The number of fused-ring (bicyclic) bond motifs is 2. The van der Waals surface area contributed by atoms with Crippen molar-refractivity contribution in [3.63, 3.8) is 0 Å². The Hall–Kier alpha value is -1.50. The molecule has 0 aromatic carbocycles. The number of thiophene rings is 1. The number of hydrogen-bond donors (Lipinski definition) is 1. The molecule has 1 N–H and O–H groups in total. The van der Waals surface area contributed by atoms with Gasteiger partial charge in [0.1, 0.15) is 0 Å². The summed E-state index contributed by atoms with van der Waals surface area (Å²) in [5.41, 5.74) is 2.46. The van der Waals surface area contributed by atoms with Crippen LogP contribution in [0.2, 0.25) is 0 Å². The molecule has 1 amide bonds. The van der Waals surface area contributed by atoms with Gasteiger partial charge in [0.05, 0.1) is 10.6 Å². The van der Waals surface area contributed by atoms with E-state index in [0.717, 1.165) is 42.4 Å². The van der Waals surface area contributed by atoms with Crippen molar-refractivity contribution in [1.29, 1.82) is 0 Å². The highest BCUT2D eigenvalue weighted by molar-refractivity contribution is 7.16. The Morgan fingerprint density at radius 3 is 2.96 bits per heavy atom. The standard InChI is InChI=1S/C18H21N3OS2/c1-2-9-21(18-20-13-5-3-4-6-15(13)24-18)17(22)16-10-12-11-19-8-7-14(12)23-16/h2,10,19H,1,3-9,11H2. The zero-order valence-electron chi connectivity index (χ0n) is 13.6. The fraction of sp³-hybridized carbons (Fsp3) is 0.444. The van der Waals surface area contributed by atoms with Crippen LogP contribution in [0.25, 0.3) is 0 Å². The van der Waals surface area contributed by atoms with Crippen LogP contribution in [0.15, 0.2) is 18.7 Å². The van der Waals surface area contributed by atoms with E-state index in [4.69, 9.17) is 4.98 Å². The minimum Gasteiger partial charge on any atom is -0.312 e. The van der Waals surface area contributed by atoms with Gasteiger partial charge in [-0.2, -0.15) is 0 Å². The molecule has 1 aliphatic heterocycles. The lowest BCUT2D eigenvalue weighted by Crippen LogP contribution is -2.30. The molecule has 0 bridgehead atoms. The lowest BCUT2D eigenvalue weighted by molar-refractivity contribution is 0.0993. The summed E-state index contributed by atoms with van der Waals surface area (Å²) in [4.78, 5) is 23.2. The molecule has 126 valence electrons. The van der Waals surface area contributed by atoms with Crippen LogP contribution in [-0.2, 0) is 25.8 Å². The van der Waals surface area contributed by atoms with E-state index < -0.39 is 0 Å². The van der Waals surface area contributed by atoms with Crippen molar-refractivity contribution >= 4 is 33.7 Å². The van der Waals surface area contributed by atoms with E-state index >= 15 is 0 Å². The topological polar surface area (TPSA) is 45.2 Å². The summed E-state index contributed by atoms with van der Waals surface area (Å²) in [5.74, 6) is 0.0559. The zero-order valence-corrected chi connectivity index (χ0v) is 15.3. The van der Waals surface area contributed by atoms with Crippen molar-refractivity contribution in [2.75, 3.05) is 18.0 Å². The number of hydrogen-bond acceptors (Lipinski definition) is 5. The van der Waals surface area contributed by atoms with Gasteiger partial charge in [-0.25, -0.2) is 4.98 Å². The first kappa shape index (κ1) is 16.0. The number of aryl methyl sites for hydroxylation is 2. The molecule has 0 spiro atoms. The molecule has 2 aliphatic rings. The molecule has 4 nitrogen and oxygen atoms in total. The highest BCUT2D eigenvalue weighted by atomic mass is 32.1. The van der Waals surface area contributed by atoms with Crippen LogP contribution in [0.3, 0.4) is 0 Å². The summed E-state index contributed by atoms with van der Waals surface area (Å²) in [5, 5.41) is 4.20. The number of thiazole rings is 1. The Labute approximate surface area is 150 Å². The molecule has 4 rings (SSSR count). The van der Waals surface area contributed by atoms with Gasteiger partial charge in [0, 0.05) is 29.4 Å². The lowest BCUT2D eigenvalue weighted by atomic mass is 10.0. The minimum absolute atomic E-state index is 0.0559. The third-order valence-electron chi connectivity index (χ3n) is 4.57. The van der Waals surface area contributed by atoms with Crippen molar-refractivity contribution in [3.05, 3.63) is 44.6 Å². The third-order valence-corrected chi connectivity index (χ3v) is 6.98. The van der Waals surface area contributed by atoms with Gasteiger partial charge in [0.15, 0.2) is 5.13 Å². The number of carbonyl (C=O) groups is 1. The van der Waals surface area contributed by atoms with E-state index in [0.29, 0.717) is 6.54 Å². The van der Waals surface area contributed by atoms with Crippen molar-refractivity contribution < 1.29 is 4.79 Å². The Balaban J connectivity index is 1.64. The maximum atomic E-state index is 13.1. The lowest BCUT2D eigenvalue weighted by Gasteiger charge is -2.17. The van der Waals surface area contributed by atoms with Crippen LogP contribution in [0.4, 0.5) is 5.13 Å². The molecule has 0 atom stereocenters. The smallest absolute Gasteiger partial charge is 0.270 e. The van der Waals surface area contributed by atoms with Crippen LogP contribution in [0, 0.1) is 0 Å². The van der Waals surface area contributed by atoms with Crippen LogP contribution < -0.4 is 10.2 Å². The Morgan fingerprint density at radius 1 is 1.29 bits per heavy atom. The van der Waals surface area contributed by atoms with Crippen molar-refractivity contribution in [1.82, 2.24) is 10.3 Å². The molecule has 0 radical (unpaired) electrons. The first-order valence-corrected chi connectivity index (χ1v) is 10.1. The van der Waals surface area contributed by atoms with E-state index in [2.05, 4.69) is 18.0 Å². The maximum absolute atomic E-state index is 13.1. The van der Waals surface area contributed by atoms with Gasteiger partial charge in [-0.1, -0.05) is 6.08 Å². The number of rotatable bonds is 4. The molecule has 2 aromatic rings. The molecule has 0 saturated heterocycles. The summed E-state index contributed by atoms with van der Waals surface area (Å²) < 4.78 is 0. The molecule has 24 heavy (non-hydrogen) atoms. The zero-order chi connectivity index (χ0) is 16.5. The van der Waals surface area contributed by atoms with Crippen LogP contribution in [0.1, 0.15) is 43.5 Å². The second-order valence-electron chi connectivity index (χ2n) is 6.26. The summed E-state index contributed by atoms with van der Waals surface area (Å²) in [6, 6.07) is 2.05. The Morgan fingerprint density at radius 2 is 2.17 bits per heavy atom. The fourth-order valence-corrected chi connectivity index (χ4v) is 5.61. The van der Waals surface area contributed by atoms with Gasteiger partial charge in [0.2, 0.25) is 0 Å². The first-order valence-electron chi connectivity index (χ1n) is 8.50. The number of anilines is 1. The average Bonchev–Trinajstić information content (AvgIpc) is 3.22. The van der Waals surface area contributed by atoms with E-state index in [9.17, 15) is 4.79 Å². The predicted octanol–water partition coefficient (Wildman–Crippen LogP) is 3.56. The number of nitrogens with zero attached hydrogens (tertiary/aromatic N) is 2. The van der Waals surface area contributed by atoms with Crippen LogP contribution in [0.5, 0.6) is 0 Å². The highest BCUT2D eigenvalue weighted by Gasteiger charge is 2.26. The van der Waals surface area contributed by atoms with E-state index in [-0.39, 0.29) is 5.91 Å². The second-order valence-corrected chi connectivity index (χ2v) is 8.46. The molecular weight excluding hydrogens is 338 g/mol. The van der Waals surface area contributed by atoms with Gasteiger partial charge >= 0.3 is 0 Å². The van der Waals surface area contributed by atoms with E-state index in [1.807, 2.05) is 0 Å². The van der Waals surface area contributed by atoms with Gasteiger partial charge in [0.25, 0.3) is 5.91 Å². The van der Waals surface area contributed by atoms with E-state index in [1.54, 1.807) is 33.6 Å². The molecule has 1 aliphatic carbocycles. The monoisotopic (exact) mass is 359 g/mol. The van der Waals surface area contributed by atoms with Crippen LogP contribution >= 0.6 is 22.7 Å². The fourth-order valence-electron chi connectivity index (χ4n) is 3.32. The van der Waals surface area contributed by atoms with Gasteiger partial charge in [-0.3, -0.25) is 9.69 Å². The van der Waals surface area contributed by atoms with Gasteiger partial charge in [-0.05, 0) is 43.7 Å². The summed E-state index contributed by atoms with van der Waals surface area (Å²) in [6.07, 6.45) is 7.38. The van der Waals surface area contributed by atoms with Gasteiger partial charge in [-0.15, -0.1) is 29.3 Å². The van der Waals surface area contributed by atoms with Crippen LogP contribution in [-0.4, -0.2) is 24.0 Å². The Bertz CT molecular complexity index is 730. The molecular formula is C18H21N3OS2. The van der Waals surface area contributed by atoms with E-state index in [1.165, 1.54) is 33.9 Å². The van der Waals surface area contributed by atoms with Crippen molar-refractivity contribution in [2.45, 2.75) is 38.6 Å². The number of carbonyl (C=O) groups excluding carboxylic acids is 1. The van der Waals surface area contributed by atoms with Crippen molar-refractivity contribution in [3.8, 4) is 0 Å². The number of aromatic nitrogens is 1. The predicted molar refractivity (Wildman–Crippen MR) is 100 cm³/mol. The quantitative estimate of drug-likeness (QED) is 0.849. The normalized spacial score (nSPS) is 16.3. The Kier molecular flexibility index (Phi) is 4.52. The minimum atomic E-state index is 0.0559. The summed E-state index contributed by atoms with van der Waals surface area (Å²) >= 11 is 3.32. The molecule has 3 heterocycles. The average molecular weight is 360 g/mol. The molecule has 0 saturated carbocycles. The number of nitrogens with one attached hydrogen (secondary N) is 1. The molecule has 0 fully saturated rings. The summed E-state index contributed by atoms with van der Waals surface area (Å²) in [6.45, 7) is 6.20. The third kappa shape index (κ3) is 2.94. The maximum Gasteiger partial charge on any atom is 0.270 e. The second kappa shape index (κ2) is 6.78. The largest absolute Gasteiger partial charge is 0.312 e. The SMILES string of the molecule is C=CCN(C(=O)c1cc2c(s1)CCNC2)c1nc2c(s1)CCCC2. The number of amides is 1. The molecule has 0 unspecified atom stereocenters. The van der Waals surface area contributed by atoms with Gasteiger partial charge < -0.3 is 5.32 Å². The molecule has 6 heteroatoms.